The average molecular weight is 366 g/mol. The quantitative estimate of drug-likeness (QED) is 0.581. The van der Waals surface area contributed by atoms with E-state index in [0.717, 1.165) is 36.3 Å². The van der Waals surface area contributed by atoms with Crippen molar-refractivity contribution in [2.24, 2.45) is 5.10 Å². The van der Waals surface area contributed by atoms with Crippen LogP contribution in [0.15, 0.2) is 53.6 Å². The van der Waals surface area contributed by atoms with Gasteiger partial charge >= 0.3 is 0 Å². The van der Waals surface area contributed by atoms with Crippen molar-refractivity contribution in [3.05, 3.63) is 59.7 Å². The molecule has 2 aromatic rings. The maximum atomic E-state index is 12.2. The fourth-order valence-corrected chi connectivity index (χ4v) is 3.26. The van der Waals surface area contributed by atoms with Crippen LogP contribution in [0.2, 0.25) is 0 Å². The fraction of sp³-hybridized carbons (Fsp3) is 0.333. The van der Waals surface area contributed by atoms with E-state index in [0.29, 0.717) is 13.1 Å². The maximum Gasteiger partial charge on any atom is 0.259 e. The number of nitrogens with one attached hydrogen (secondary N) is 1. The third-order valence-electron chi connectivity index (χ3n) is 4.71. The number of carbonyl (C=O) groups excluding carboxylic acids is 1. The number of rotatable bonds is 7. The van der Waals surface area contributed by atoms with E-state index < -0.39 is 0 Å². The number of para-hydroxylation sites is 1. The summed E-state index contributed by atoms with van der Waals surface area (Å²) >= 11 is 0. The van der Waals surface area contributed by atoms with Crippen LogP contribution in [0.5, 0.6) is 0 Å². The molecule has 142 valence electrons. The number of aliphatic hydroxyl groups excluding tert-OH is 1. The van der Waals surface area contributed by atoms with Gasteiger partial charge in [0.15, 0.2) is 0 Å². The summed E-state index contributed by atoms with van der Waals surface area (Å²) in [7, 11) is 1.93. The third kappa shape index (κ3) is 5.08. The molecular formula is C21H26N4O2. The van der Waals surface area contributed by atoms with Gasteiger partial charge in [-0.15, -0.1) is 0 Å². The van der Waals surface area contributed by atoms with Gasteiger partial charge in [0.1, 0.15) is 0 Å². The van der Waals surface area contributed by atoms with E-state index in [2.05, 4.69) is 27.6 Å². The molecule has 0 saturated heterocycles. The molecule has 2 N–H and O–H groups in total. The van der Waals surface area contributed by atoms with Crippen molar-refractivity contribution in [3.63, 3.8) is 0 Å². The molecule has 6 heteroatoms. The smallest absolute Gasteiger partial charge is 0.259 e. The Kier molecular flexibility index (Phi) is 6.44. The van der Waals surface area contributed by atoms with Crippen molar-refractivity contribution in [1.29, 1.82) is 0 Å². The van der Waals surface area contributed by atoms with Crippen molar-refractivity contribution < 1.29 is 9.90 Å². The Morgan fingerprint density at radius 1 is 1.26 bits per heavy atom. The summed E-state index contributed by atoms with van der Waals surface area (Å²) < 4.78 is 0. The fourth-order valence-electron chi connectivity index (χ4n) is 3.26. The number of aliphatic hydroxyl groups is 1. The van der Waals surface area contributed by atoms with E-state index in [1.165, 1.54) is 5.56 Å². The second-order valence-electron chi connectivity index (χ2n) is 6.68. The molecule has 1 aliphatic heterocycles. The number of amides is 1. The summed E-state index contributed by atoms with van der Waals surface area (Å²) in [5, 5.41) is 13.1. The van der Waals surface area contributed by atoms with Crippen LogP contribution in [0.1, 0.15) is 17.5 Å². The number of carbonyl (C=O) groups is 1. The number of likely N-dealkylation sites (N-methyl/N-ethyl adjacent to an activating group) is 1. The normalized spacial score (nSPS) is 13.5. The highest BCUT2D eigenvalue weighted by Gasteiger charge is 2.18. The number of hydrogen-bond donors (Lipinski definition) is 2. The molecule has 0 spiro atoms. The van der Waals surface area contributed by atoms with Gasteiger partial charge in [-0.2, -0.15) is 5.10 Å². The minimum Gasteiger partial charge on any atom is -0.395 e. The van der Waals surface area contributed by atoms with Crippen molar-refractivity contribution >= 4 is 23.5 Å². The van der Waals surface area contributed by atoms with Gasteiger partial charge in [0.25, 0.3) is 5.91 Å². The first kappa shape index (κ1) is 18.9. The zero-order valence-corrected chi connectivity index (χ0v) is 15.6. The Morgan fingerprint density at radius 3 is 2.81 bits per heavy atom. The molecule has 0 aliphatic carbocycles. The van der Waals surface area contributed by atoms with E-state index in [1.807, 2.05) is 48.3 Å². The highest BCUT2D eigenvalue weighted by Crippen LogP contribution is 2.26. The average Bonchev–Trinajstić information content (AvgIpc) is 2.69. The first-order valence-electron chi connectivity index (χ1n) is 9.24. The first-order valence-corrected chi connectivity index (χ1v) is 9.24. The lowest BCUT2D eigenvalue weighted by Crippen LogP contribution is -2.38. The predicted octanol–water partition coefficient (Wildman–Crippen LogP) is 2.02. The molecular weight excluding hydrogens is 340 g/mol. The van der Waals surface area contributed by atoms with Gasteiger partial charge in [0, 0.05) is 31.5 Å². The summed E-state index contributed by atoms with van der Waals surface area (Å²) in [6, 6.07) is 16.0. The number of nitrogens with zero attached hydrogens (tertiary/aromatic N) is 3. The van der Waals surface area contributed by atoms with E-state index in [1.54, 1.807) is 6.21 Å². The van der Waals surface area contributed by atoms with Gasteiger partial charge < -0.3 is 14.9 Å². The van der Waals surface area contributed by atoms with Gasteiger partial charge in [-0.25, -0.2) is 5.43 Å². The molecule has 0 saturated carbocycles. The van der Waals surface area contributed by atoms with Crippen LogP contribution in [-0.4, -0.2) is 50.5 Å². The summed E-state index contributed by atoms with van der Waals surface area (Å²) in [6.07, 6.45) is 3.76. The van der Waals surface area contributed by atoms with Crippen molar-refractivity contribution in [3.8, 4) is 0 Å². The van der Waals surface area contributed by atoms with Gasteiger partial charge in [0.2, 0.25) is 0 Å². The molecule has 2 aromatic carbocycles. The van der Waals surface area contributed by atoms with Crippen LogP contribution < -0.4 is 15.2 Å². The number of hydrazone groups is 1. The van der Waals surface area contributed by atoms with Crippen LogP contribution >= 0.6 is 0 Å². The van der Waals surface area contributed by atoms with Gasteiger partial charge in [-0.1, -0.05) is 30.3 Å². The molecule has 0 radical (unpaired) electrons. The SMILES string of the molecule is CN(CCO)c1ccc(/C=N\NC(=O)CN2CCCc3ccccc32)cc1. The Balaban J connectivity index is 1.52. The predicted molar refractivity (Wildman–Crippen MR) is 110 cm³/mol. The first-order chi connectivity index (χ1) is 13.2. The molecule has 1 amide bonds. The minimum absolute atomic E-state index is 0.118. The number of fused-ring (bicyclic) bond motifs is 1. The van der Waals surface area contributed by atoms with Crippen molar-refractivity contribution in [2.75, 3.05) is 43.1 Å². The highest BCUT2D eigenvalue weighted by atomic mass is 16.3. The zero-order valence-electron chi connectivity index (χ0n) is 15.6. The molecule has 0 unspecified atom stereocenters. The third-order valence-corrected chi connectivity index (χ3v) is 4.71. The molecule has 0 aromatic heterocycles. The Hall–Kier alpha value is -2.86. The molecule has 1 heterocycles. The Labute approximate surface area is 160 Å². The number of anilines is 2. The zero-order chi connectivity index (χ0) is 19.1. The number of aryl methyl sites for hydroxylation is 1. The van der Waals surface area contributed by atoms with Gasteiger partial charge in [0.05, 0.1) is 19.4 Å². The lowest BCUT2D eigenvalue weighted by molar-refractivity contribution is -0.119. The van der Waals surface area contributed by atoms with Gasteiger partial charge in [-0.05, 0) is 42.2 Å². The molecule has 0 fully saturated rings. The minimum atomic E-state index is -0.123. The van der Waals surface area contributed by atoms with Crippen molar-refractivity contribution in [1.82, 2.24) is 5.43 Å². The van der Waals surface area contributed by atoms with Crippen LogP contribution in [-0.2, 0) is 11.2 Å². The van der Waals surface area contributed by atoms with Crippen molar-refractivity contribution in [2.45, 2.75) is 12.8 Å². The highest BCUT2D eigenvalue weighted by molar-refractivity contribution is 5.85. The maximum absolute atomic E-state index is 12.2. The monoisotopic (exact) mass is 366 g/mol. The molecule has 0 atom stereocenters. The van der Waals surface area contributed by atoms with E-state index in [4.69, 9.17) is 5.11 Å². The summed E-state index contributed by atoms with van der Waals surface area (Å²) in [5.41, 5.74) is 6.98. The molecule has 0 bridgehead atoms. The lowest BCUT2D eigenvalue weighted by Gasteiger charge is -2.30. The van der Waals surface area contributed by atoms with E-state index in [9.17, 15) is 4.79 Å². The second kappa shape index (κ2) is 9.19. The number of benzene rings is 2. The summed E-state index contributed by atoms with van der Waals surface area (Å²) in [4.78, 5) is 16.3. The summed E-state index contributed by atoms with van der Waals surface area (Å²) in [5.74, 6) is -0.123. The van der Waals surface area contributed by atoms with Crippen LogP contribution in [0.3, 0.4) is 0 Å². The van der Waals surface area contributed by atoms with Crippen LogP contribution in [0, 0.1) is 0 Å². The van der Waals surface area contributed by atoms with E-state index in [-0.39, 0.29) is 12.5 Å². The Morgan fingerprint density at radius 2 is 2.04 bits per heavy atom. The topological polar surface area (TPSA) is 68.2 Å². The van der Waals surface area contributed by atoms with Crippen LogP contribution in [0.25, 0.3) is 0 Å². The summed E-state index contributed by atoms with van der Waals surface area (Å²) in [6.45, 7) is 1.90. The number of hydrogen-bond acceptors (Lipinski definition) is 5. The largest absolute Gasteiger partial charge is 0.395 e. The standard InChI is InChI=1S/C21H26N4O2/c1-24(13-14-26)19-10-8-17(9-11-19)15-22-23-21(27)16-25-12-4-6-18-5-2-3-7-20(18)25/h2-3,5,7-11,15,26H,4,6,12-14,16H2,1H3,(H,23,27)/b22-15-. The molecule has 1 aliphatic rings. The Bertz CT molecular complexity index is 789. The molecule has 3 rings (SSSR count). The van der Waals surface area contributed by atoms with E-state index >= 15 is 0 Å². The molecule has 6 nitrogen and oxygen atoms in total. The van der Waals surface area contributed by atoms with Crippen LogP contribution in [0.4, 0.5) is 11.4 Å². The second-order valence-corrected chi connectivity index (χ2v) is 6.68. The lowest BCUT2D eigenvalue weighted by atomic mass is 10.0. The van der Waals surface area contributed by atoms with Gasteiger partial charge in [-0.3, -0.25) is 4.79 Å². The molecule has 27 heavy (non-hydrogen) atoms.